The van der Waals surface area contributed by atoms with Crippen molar-refractivity contribution in [1.29, 1.82) is 0 Å². The number of nitrogens with zero attached hydrogens (tertiary/aromatic N) is 8. The quantitative estimate of drug-likeness (QED) is 0.0352. The maximum absolute atomic E-state index is 12.7. The van der Waals surface area contributed by atoms with Crippen LogP contribution in [0.25, 0.3) is 50.7 Å². The monoisotopic (exact) mass is 1650 g/mol. The normalized spacial score (nSPS) is 10.5. The second-order valence-corrected chi connectivity index (χ2v) is 26.8. The van der Waals surface area contributed by atoms with E-state index in [1.165, 1.54) is 59.5 Å². The Balaban J connectivity index is 0.000000159. The van der Waals surface area contributed by atoms with Crippen LogP contribution in [-0.4, -0.2) is 106 Å². The van der Waals surface area contributed by atoms with E-state index in [2.05, 4.69) is 67.4 Å². The van der Waals surface area contributed by atoms with Crippen molar-refractivity contribution in [3.63, 3.8) is 0 Å². The molecule has 112 heavy (non-hydrogen) atoms. The summed E-state index contributed by atoms with van der Waals surface area (Å²) in [5.41, 5.74) is 15.6. The molecule has 23 nitrogen and oxygen atoms in total. The van der Waals surface area contributed by atoms with Gasteiger partial charge in [-0.25, -0.2) is 4.68 Å². The van der Waals surface area contributed by atoms with Gasteiger partial charge in [-0.1, -0.05) is 124 Å². The van der Waals surface area contributed by atoms with Crippen LogP contribution in [0.2, 0.25) is 40.2 Å². The van der Waals surface area contributed by atoms with Crippen LogP contribution in [0.3, 0.4) is 0 Å². The van der Waals surface area contributed by atoms with Gasteiger partial charge in [0.05, 0.1) is 97.5 Å². The van der Waals surface area contributed by atoms with Gasteiger partial charge in [0.1, 0.15) is 6.33 Å². The lowest BCUT2D eigenvalue weighted by atomic mass is 10.1. The number of benzene rings is 8. The number of aliphatic hydroxyl groups is 1. The maximum atomic E-state index is 12.7. The van der Waals surface area contributed by atoms with Crippen LogP contribution in [0.15, 0.2) is 250 Å². The number of hydrogen-bond acceptors (Lipinski definition) is 15. The summed E-state index contributed by atoms with van der Waals surface area (Å²) in [5.74, 6) is -2.79. The number of rotatable bonds is 20. The molecule has 0 saturated carbocycles. The molecule has 0 saturated heterocycles. The number of halogens is 8. The third-order valence-corrected chi connectivity index (χ3v) is 18.4. The number of pyridine rings is 4. The molecule has 5 aromatic heterocycles. The molecule has 7 amide bonds. The van der Waals surface area contributed by atoms with Crippen molar-refractivity contribution in [3.05, 3.63) is 329 Å². The second kappa shape index (κ2) is 40.1. The Morgan fingerprint density at radius 3 is 0.973 bits per heavy atom. The van der Waals surface area contributed by atoms with E-state index < -0.39 is 17.7 Å². The summed E-state index contributed by atoms with van der Waals surface area (Å²) in [4.78, 5) is 103. The third-order valence-electron chi connectivity index (χ3n) is 15.9. The molecule has 31 heteroatoms. The topological polar surface area (TPSA) is 333 Å². The fraction of sp³-hybridized carbons (Fsp3) is 0.0617. The van der Waals surface area contributed by atoms with Gasteiger partial charge in [0.15, 0.2) is 0 Å². The number of nitrogens with two attached hydrogens (primary N) is 1. The van der Waals surface area contributed by atoms with Crippen LogP contribution in [0.5, 0.6) is 0 Å². The Morgan fingerprint density at radius 2 is 0.688 bits per heavy atom. The minimum atomic E-state index is -0.614. The minimum absolute atomic E-state index is 0.133. The lowest BCUT2D eigenvalue weighted by Gasteiger charge is -2.11. The molecule has 0 aliphatic heterocycles. The zero-order valence-electron chi connectivity index (χ0n) is 58.5. The van der Waals surface area contributed by atoms with Crippen molar-refractivity contribution >= 4 is 157 Å². The zero-order valence-corrected chi connectivity index (χ0v) is 64.5. The molecule has 0 radical (unpaired) electrons. The largest absolute Gasteiger partial charge is 0.395 e. The number of amides is 7. The van der Waals surface area contributed by atoms with E-state index in [1.807, 2.05) is 67.6 Å². The highest BCUT2D eigenvalue weighted by Crippen LogP contribution is 2.35. The van der Waals surface area contributed by atoms with Crippen LogP contribution >= 0.6 is 92.8 Å². The SMILES string of the molecule is CCCNC(=O)c1ccc(C(=O)Nc2ccc(Cl)c(-c3ccccn3)c2)c(Cl)c1.NC(=O)c1ccc(C(=O)Nc2ccc(Cl)c(-c3ccccn3)c2)c(Cl)c1.O=C(NCCO)c1ccc(C(=O)Nc2ccc(Cl)c(-c3ccccn3)c2)c(Cl)c1.O=C(Nc1ccc(Cl)c(-c2ccccn2)c1)c1ccc(-n2cnnn2)cc1Cl. The van der Waals surface area contributed by atoms with Gasteiger partial charge in [-0.3, -0.25) is 53.5 Å². The van der Waals surface area contributed by atoms with E-state index >= 15 is 0 Å². The van der Waals surface area contributed by atoms with Gasteiger partial charge < -0.3 is 42.7 Å². The number of aliphatic hydroxyl groups excluding tert-OH is 1. The number of carbonyl (C=O) groups excluding carboxylic acids is 7. The minimum Gasteiger partial charge on any atom is -0.395 e. The van der Waals surface area contributed by atoms with Crippen molar-refractivity contribution in [3.8, 4) is 50.7 Å². The Morgan fingerprint density at radius 1 is 0.366 bits per heavy atom. The number of primary amides is 1. The number of anilines is 4. The molecule has 13 aromatic rings. The number of carbonyl (C=O) groups is 7. The summed E-state index contributed by atoms with van der Waals surface area (Å²) in [6.45, 7) is 2.51. The number of nitrogens with one attached hydrogen (secondary N) is 6. The summed E-state index contributed by atoms with van der Waals surface area (Å²) in [6, 6.07) is 60.7. The highest BCUT2D eigenvalue weighted by atomic mass is 35.5. The summed E-state index contributed by atoms with van der Waals surface area (Å²) < 4.78 is 1.45. The van der Waals surface area contributed by atoms with Gasteiger partial charge in [0.25, 0.3) is 35.4 Å². The van der Waals surface area contributed by atoms with E-state index in [0.717, 1.165) is 12.0 Å². The molecule has 564 valence electrons. The summed E-state index contributed by atoms with van der Waals surface area (Å²) in [7, 11) is 0. The van der Waals surface area contributed by atoms with Gasteiger partial charge >= 0.3 is 0 Å². The van der Waals surface area contributed by atoms with E-state index in [-0.39, 0.29) is 79.1 Å². The molecule has 5 heterocycles. The highest BCUT2D eigenvalue weighted by Gasteiger charge is 2.21. The van der Waals surface area contributed by atoms with Crippen LogP contribution in [0.1, 0.15) is 85.9 Å². The Kier molecular flexibility index (Phi) is 29.5. The molecule has 0 fully saturated rings. The predicted octanol–water partition coefficient (Wildman–Crippen LogP) is 18.2. The highest BCUT2D eigenvalue weighted by molar-refractivity contribution is 6.38. The summed E-state index contributed by atoms with van der Waals surface area (Å²) in [5, 5.41) is 39.1. The van der Waals surface area contributed by atoms with Gasteiger partial charge in [-0.05, 0) is 211 Å². The zero-order chi connectivity index (χ0) is 79.8. The first-order valence-electron chi connectivity index (χ1n) is 33.5. The van der Waals surface area contributed by atoms with Crippen LogP contribution in [-0.2, 0) is 0 Å². The molecule has 9 N–H and O–H groups in total. The lowest BCUT2D eigenvalue weighted by molar-refractivity contribution is 0.0939. The molecular weight excluding hydrogens is 1590 g/mol. The molecule has 0 aliphatic carbocycles. The van der Waals surface area contributed by atoms with E-state index in [9.17, 15) is 33.6 Å². The van der Waals surface area contributed by atoms with Gasteiger partial charge in [-0.15, -0.1) is 5.10 Å². The molecule has 0 spiro atoms. The number of hydrogen-bond donors (Lipinski definition) is 8. The van der Waals surface area contributed by atoms with E-state index in [4.69, 9.17) is 104 Å². The molecule has 0 atom stereocenters. The van der Waals surface area contributed by atoms with Crippen molar-refractivity contribution in [2.24, 2.45) is 5.73 Å². The summed E-state index contributed by atoms with van der Waals surface area (Å²) >= 11 is 49.9. The molecule has 13 rings (SSSR count). The van der Waals surface area contributed by atoms with Gasteiger partial charge in [-0.2, -0.15) is 0 Å². The Hall–Kier alpha value is -12.0. The third kappa shape index (κ3) is 22.4. The van der Waals surface area contributed by atoms with Crippen LogP contribution in [0, 0.1) is 0 Å². The van der Waals surface area contributed by atoms with Crippen LogP contribution in [0.4, 0.5) is 22.7 Å². The van der Waals surface area contributed by atoms with E-state index in [0.29, 0.717) is 111 Å². The fourth-order valence-electron chi connectivity index (χ4n) is 10.3. The van der Waals surface area contributed by atoms with Crippen molar-refractivity contribution < 1.29 is 38.7 Å². The first-order chi connectivity index (χ1) is 54.0. The van der Waals surface area contributed by atoms with Gasteiger partial charge in [0, 0.05) is 99.6 Å². The van der Waals surface area contributed by atoms with Crippen molar-refractivity contribution in [2.45, 2.75) is 13.3 Å². The molecule has 8 aromatic carbocycles. The van der Waals surface area contributed by atoms with Crippen LogP contribution < -0.4 is 37.6 Å². The Labute approximate surface area is 680 Å². The molecule has 0 unspecified atom stereocenters. The Bertz CT molecular complexity index is 5400. The molecular formula is C81H61Cl8N15O8. The average Bonchev–Trinajstić information content (AvgIpc) is 1.18. The molecule has 0 bridgehead atoms. The van der Waals surface area contributed by atoms with Crippen molar-refractivity contribution in [2.75, 3.05) is 41.0 Å². The standard InChI is InChI=1S/C22H19Cl2N3O2.C21H17Cl2N3O3.C19H12Cl2N6O.C19H13Cl2N3O2/c1-2-10-26-21(28)14-6-8-16(19(24)12-14)22(29)27-15-7-9-18(23)17(13-15)20-5-3-4-11-25-20;22-17-7-5-14(12-16(17)19-3-1-2-8-24-19)26-21(29)15-6-4-13(11-18(15)23)20(28)25-9-10-27;20-16-7-4-12(9-15(16)18-3-1-2-8-22-18)24-19(28)14-6-5-13(10-17(14)21)27-11-23-25-26-27;20-15-7-5-12(10-14(15)17-3-1-2-8-23-17)24-19(26)13-6-4-11(18(22)25)9-16(13)21/h3-9,11-13H,2,10H2,1H3,(H,26,28)(H,27,29);1-8,11-12,27H,9-10H2,(H,25,28)(H,26,29);1-11H,(H,24,28);1-10H,(H2,22,25)(H,24,26). The van der Waals surface area contributed by atoms with E-state index in [1.54, 1.807) is 134 Å². The lowest BCUT2D eigenvalue weighted by Crippen LogP contribution is -2.26. The predicted molar refractivity (Wildman–Crippen MR) is 440 cm³/mol. The first-order valence-corrected chi connectivity index (χ1v) is 36.6. The number of aromatic nitrogens is 8. The first kappa shape index (κ1) is 82.5. The van der Waals surface area contributed by atoms with Crippen molar-refractivity contribution in [1.82, 2.24) is 50.8 Å². The molecule has 0 aliphatic rings. The number of tetrazole rings is 1. The second-order valence-electron chi connectivity index (χ2n) is 23.6. The maximum Gasteiger partial charge on any atom is 0.257 e. The average molecular weight is 1660 g/mol. The van der Waals surface area contributed by atoms with Gasteiger partial charge in [0.2, 0.25) is 5.91 Å². The summed E-state index contributed by atoms with van der Waals surface area (Å²) in [6.07, 6.45) is 8.96. The fourth-order valence-corrected chi connectivity index (χ4v) is 12.3. The smallest absolute Gasteiger partial charge is 0.257 e.